The zero-order valence-electron chi connectivity index (χ0n) is 20.2. The zero-order chi connectivity index (χ0) is 25.2. The van der Waals surface area contributed by atoms with E-state index in [0.29, 0.717) is 54.9 Å². The summed E-state index contributed by atoms with van der Waals surface area (Å²) >= 11 is 0. The second-order valence-electron chi connectivity index (χ2n) is 9.63. The molecular formula is C26H30N4O6. The highest BCUT2D eigenvalue weighted by molar-refractivity contribution is 6.03. The van der Waals surface area contributed by atoms with Gasteiger partial charge in [-0.05, 0) is 49.4 Å². The van der Waals surface area contributed by atoms with Gasteiger partial charge >= 0.3 is 0 Å². The third kappa shape index (κ3) is 5.43. The quantitative estimate of drug-likeness (QED) is 0.514. The van der Waals surface area contributed by atoms with Crippen LogP contribution in [0.1, 0.15) is 42.1 Å². The Balaban J connectivity index is 1.18. The van der Waals surface area contributed by atoms with Crippen LogP contribution in [-0.4, -0.2) is 71.2 Å². The minimum absolute atomic E-state index is 0.0907. The Labute approximate surface area is 209 Å². The average molecular weight is 495 g/mol. The number of aliphatic hydroxyl groups excluding tert-OH is 1. The molecule has 0 bridgehead atoms. The van der Waals surface area contributed by atoms with Gasteiger partial charge in [-0.3, -0.25) is 14.4 Å². The van der Waals surface area contributed by atoms with E-state index in [9.17, 15) is 19.5 Å². The molecule has 0 radical (unpaired) electrons. The molecule has 2 N–H and O–H groups in total. The molecule has 1 aromatic heterocycles. The van der Waals surface area contributed by atoms with Crippen LogP contribution in [0.2, 0.25) is 0 Å². The summed E-state index contributed by atoms with van der Waals surface area (Å²) in [6.45, 7) is 3.09. The van der Waals surface area contributed by atoms with Gasteiger partial charge in [0.2, 0.25) is 11.8 Å². The number of pyridine rings is 1. The number of hydrogen-bond acceptors (Lipinski definition) is 7. The summed E-state index contributed by atoms with van der Waals surface area (Å²) in [5, 5.41) is 11.9. The van der Waals surface area contributed by atoms with Crippen molar-refractivity contribution in [3.05, 3.63) is 47.7 Å². The minimum Gasteiger partial charge on any atom is -0.479 e. The average Bonchev–Trinajstić information content (AvgIpc) is 3.57. The number of carbonyl (C=O) groups excluding carboxylic acids is 3. The van der Waals surface area contributed by atoms with Gasteiger partial charge in [0.25, 0.3) is 11.8 Å². The minimum atomic E-state index is -0.657. The fraction of sp³-hybridized carbons (Fsp3) is 0.462. The van der Waals surface area contributed by atoms with Crippen LogP contribution >= 0.6 is 0 Å². The van der Waals surface area contributed by atoms with Crippen LogP contribution in [0.4, 0.5) is 5.69 Å². The summed E-state index contributed by atoms with van der Waals surface area (Å²) < 4.78 is 11.5. The Bertz CT molecular complexity index is 1150. The van der Waals surface area contributed by atoms with Gasteiger partial charge in [-0.25, -0.2) is 4.98 Å². The van der Waals surface area contributed by atoms with E-state index in [4.69, 9.17) is 9.47 Å². The van der Waals surface area contributed by atoms with Crippen LogP contribution in [0.3, 0.4) is 0 Å². The van der Waals surface area contributed by atoms with E-state index in [0.717, 1.165) is 5.56 Å². The van der Waals surface area contributed by atoms with E-state index < -0.39 is 12.2 Å². The summed E-state index contributed by atoms with van der Waals surface area (Å²) in [6.07, 6.45) is 3.20. The number of rotatable bonds is 10. The van der Waals surface area contributed by atoms with Crippen LogP contribution in [0.5, 0.6) is 11.6 Å². The monoisotopic (exact) mass is 494 g/mol. The number of anilines is 1. The number of hydrogen-bond donors (Lipinski definition) is 2. The molecule has 10 heteroatoms. The lowest BCUT2D eigenvalue weighted by Gasteiger charge is -2.18. The first-order valence-corrected chi connectivity index (χ1v) is 12.3. The van der Waals surface area contributed by atoms with E-state index in [2.05, 4.69) is 10.3 Å². The van der Waals surface area contributed by atoms with Crippen molar-refractivity contribution < 1.29 is 29.0 Å². The van der Waals surface area contributed by atoms with Gasteiger partial charge < -0.3 is 29.7 Å². The highest BCUT2D eigenvalue weighted by Crippen LogP contribution is 2.31. The number of aromatic nitrogens is 1. The molecule has 3 heterocycles. The van der Waals surface area contributed by atoms with Gasteiger partial charge in [0.15, 0.2) is 6.10 Å². The first kappa shape index (κ1) is 24.1. The third-order valence-electron chi connectivity index (χ3n) is 6.52. The fourth-order valence-electron chi connectivity index (χ4n) is 4.33. The van der Waals surface area contributed by atoms with Crippen molar-refractivity contribution in [2.45, 2.75) is 44.9 Å². The molecule has 2 fully saturated rings. The Morgan fingerprint density at radius 1 is 1.22 bits per heavy atom. The molecule has 1 aliphatic carbocycles. The van der Waals surface area contributed by atoms with Gasteiger partial charge in [-0.2, -0.15) is 0 Å². The van der Waals surface area contributed by atoms with E-state index in [1.165, 1.54) is 17.7 Å². The second kappa shape index (κ2) is 10.1. The summed E-state index contributed by atoms with van der Waals surface area (Å²) in [5.74, 6) is 0.928. The SMILES string of the molecule is C[C@H](O)CNC(=O)CN1Cc2ccc(N3CC[C@@H](Oc4ccc(OCC5CC5)nc4)C3=O)cc2C1=O. The molecule has 1 saturated carbocycles. The first-order chi connectivity index (χ1) is 17.4. The summed E-state index contributed by atoms with van der Waals surface area (Å²) in [7, 11) is 0. The lowest BCUT2D eigenvalue weighted by Crippen LogP contribution is -2.39. The lowest BCUT2D eigenvalue weighted by atomic mass is 10.1. The normalized spacial score (nSPS) is 19.9. The standard InChI is InChI=1S/C26H30N4O6/c1-16(31)11-27-23(32)14-29-13-18-4-5-19(10-21(18)25(29)33)30-9-8-22(26(30)34)36-20-6-7-24(28-12-20)35-15-17-2-3-17/h4-7,10,12,16-17,22,31H,2-3,8-9,11,13-15H2,1H3,(H,27,32)/t16-,22+/m0/s1. The summed E-state index contributed by atoms with van der Waals surface area (Å²) in [5.41, 5.74) is 1.92. The van der Waals surface area contributed by atoms with E-state index in [-0.39, 0.29) is 30.8 Å². The summed E-state index contributed by atoms with van der Waals surface area (Å²) in [6, 6.07) is 8.85. The van der Waals surface area contributed by atoms with Crippen molar-refractivity contribution >= 4 is 23.4 Å². The number of amides is 3. The predicted molar refractivity (Wildman–Crippen MR) is 130 cm³/mol. The van der Waals surface area contributed by atoms with Crippen LogP contribution in [0.15, 0.2) is 36.5 Å². The molecule has 0 spiro atoms. The van der Waals surface area contributed by atoms with Crippen molar-refractivity contribution in [1.29, 1.82) is 0 Å². The van der Waals surface area contributed by atoms with Crippen LogP contribution in [0, 0.1) is 5.92 Å². The van der Waals surface area contributed by atoms with Crippen molar-refractivity contribution in [3.63, 3.8) is 0 Å². The number of carbonyl (C=O) groups is 3. The van der Waals surface area contributed by atoms with Crippen molar-refractivity contribution in [2.75, 3.05) is 31.1 Å². The van der Waals surface area contributed by atoms with Crippen LogP contribution < -0.4 is 19.7 Å². The number of nitrogens with one attached hydrogen (secondary N) is 1. The van der Waals surface area contributed by atoms with Gasteiger partial charge in [0.05, 0.1) is 18.9 Å². The number of nitrogens with zero attached hydrogens (tertiary/aromatic N) is 3. The zero-order valence-corrected chi connectivity index (χ0v) is 20.2. The molecule has 1 aromatic carbocycles. The fourth-order valence-corrected chi connectivity index (χ4v) is 4.33. The van der Waals surface area contributed by atoms with Crippen molar-refractivity contribution in [3.8, 4) is 11.6 Å². The van der Waals surface area contributed by atoms with Gasteiger partial charge in [0, 0.05) is 43.4 Å². The molecule has 190 valence electrons. The Hall–Kier alpha value is -3.66. The maximum atomic E-state index is 13.1. The van der Waals surface area contributed by atoms with Gasteiger partial charge in [-0.1, -0.05) is 6.07 Å². The van der Waals surface area contributed by atoms with E-state index in [1.807, 2.05) is 12.1 Å². The van der Waals surface area contributed by atoms with Crippen LogP contribution in [-0.2, 0) is 16.1 Å². The van der Waals surface area contributed by atoms with Crippen molar-refractivity contribution in [1.82, 2.24) is 15.2 Å². The van der Waals surface area contributed by atoms with E-state index >= 15 is 0 Å². The molecule has 10 nitrogen and oxygen atoms in total. The van der Waals surface area contributed by atoms with Gasteiger partial charge in [-0.15, -0.1) is 0 Å². The molecule has 2 atom stereocenters. The summed E-state index contributed by atoms with van der Waals surface area (Å²) in [4.78, 5) is 45.4. The Morgan fingerprint density at radius 2 is 2.06 bits per heavy atom. The highest BCUT2D eigenvalue weighted by atomic mass is 16.5. The maximum absolute atomic E-state index is 13.1. The topological polar surface area (TPSA) is 121 Å². The molecule has 3 amide bonds. The largest absolute Gasteiger partial charge is 0.479 e. The molecule has 0 unspecified atom stereocenters. The van der Waals surface area contributed by atoms with Gasteiger partial charge in [0.1, 0.15) is 12.3 Å². The Kier molecular flexibility index (Phi) is 6.77. The number of benzene rings is 1. The molecule has 5 rings (SSSR count). The Morgan fingerprint density at radius 3 is 2.78 bits per heavy atom. The first-order valence-electron chi connectivity index (χ1n) is 12.3. The molecule has 1 saturated heterocycles. The predicted octanol–water partition coefficient (Wildman–Crippen LogP) is 1.51. The number of ether oxygens (including phenoxy) is 2. The molecule has 2 aliphatic heterocycles. The van der Waals surface area contributed by atoms with Crippen molar-refractivity contribution in [2.24, 2.45) is 5.92 Å². The molecule has 2 aromatic rings. The second-order valence-corrected chi connectivity index (χ2v) is 9.63. The molecule has 3 aliphatic rings. The molecule has 36 heavy (non-hydrogen) atoms. The number of aliphatic hydroxyl groups is 1. The number of fused-ring (bicyclic) bond motifs is 1. The maximum Gasteiger partial charge on any atom is 0.268 e. The molecular weight excluding hydrogens is 464 g/mol. The smallest absolute Gasteiger partial charge is 0.268 e. The highest BCUT2D eigenvalue weighted by Gasteiger charge is 2.36. The lowest BCUT2D eigenvalue weighted by molar-refractivity contribution is -0.123. The van der Waals surface area contributed by atoms with E-state index in [1.54, 1.807) is 36.2 Å². The van der Waals surface area contributed by atoms with Crippen LogP contribution in [0.25, 0.3) is 0 Å². The third-order valence-corrected chi connectivity index (χ3v) is 6.52.